The molecule has 0 heterocycles. The monoisotopic (exact) mass is 183 g/mol. The van der Waals surface area contributed by atoms with Crippen LogP contribution in [-0.4, -0.2) is 6.61 Å². The van der Waals surface area contributed by atoms with E-state index < -0.39 is 0 Å². The molecule has 12 heavy (non-hydrogen) atoms. The Kier molecular flexibility index (Phi) is 3.00. The molecule has 2 N–H and O–H groups in total. The van der Waals surface area contributed by atoms with E-state index in [-0.39, 0.29) is 0 Å². The van der Waals surface area contributed by atoms with Crippen molar-refractivity contribution in [3.8, 4) is 5.75 Å². The van der Waals surface area contributed by atoms with Crippen molar-refractivity contribution in [2.45, 2.75) is 0 Å². The van der Waals surface area contributed by atoms with Gasteiger partial charge in [0.25, 0.3) is 0 Å². The zero-order valence-electron chi connectivity index (χ0n) is 6.59. The SMILES string of the molecule is C=CCOc1cc(N)ccc1Cl. The predicted octanol–water partition coefficient (Wildman–Crippen LogP) is 2.49. The molecule has 0 aliphatic carbocycles. The average Bonchev–Trinajstić information content (AvgIpc) is 2.07. The van der Waals surface area contributed by atoms with Gasteiger partial charge >= 0.3 is 0 Å². The molecule has 0 bridgehead atoms. The highest BCUT2D eigenvalue weighted by molar-refractivity contribution is 6.32. The van der Waals surface area contributed by atoms with Crippen LogP contribution >= 0.6 is 11.6 Å². The minimum Gasteiger partial charge on any atom is -0.488 e. The van der Waals surface area contributed by atoms with Crippen LogP contribution in [0.2, 0.25) is 5.02 Å². The van der Waals surface area contributed by atoms with Gasteiger partial charge in [-0.2, -0.15) is 0 Å². The molecule has 0 radical (unpaired) electrons. The van der Waals surface area contributed by atoms with Gasteiger partial charge in [-0.3, -0.25) is 0 Å². The average molecular weight is 184 g/mol. The summed E-state index contributed by atoms with van der Waals surface area (Å²) in [5.74, 6) is 0.594. The van der Waals surface area contributed by atoms with Gasteiger partial charge in [0.05, 0.1) is 5.02 Å². The minimum atomic E-state index is 0.434. The molecular weight excluding hydrogens is 174 g/mol. The Morgan fingerprint density at radius 1 is 1.58 bits per heavy atom. The molecule has 0 amide bonds. The highest BCUT2D eigenvalue weighted by Crippen LogP contribution is 2.26. The van der Waals surface area contributed by atoms with Crippen LogP contribution in [0.1, 0.15) is 0 Å². The first-order chi connectivity index (χ1) is 5.74. The van der Waals surface area contributed by atoms with Crippen molar-refractivity contribution in [3.05, 3.63) is 35.9 Å². The molecule has 0 aliphatic heterocycles. The zero-order valence-corrected chi connectivity index (χ0v) is 7.34. The van der Waals surface area contributed by atoms with Gasteiger partial charge in [0.1, 0.15) is 12.4 Å². The predicted molar refractivity (Wildman–Crippen MR) is 51.6 cm³/mol. The van der Waals surface area contributed by atoms with E-state index in [0.29, 0.717) is 23.1 Å². The van der Waals surface area contributed by atoms with Crippen molar-refractivity contribution < 1.29 is 4.74 Å². The summed E-state index contributed by atoms with van der Waals surface area (Å²) in [6.07, 6.45) is 1.65. The largest absolute Gasteiger partial charge is 0.488 e. The van der Waals surface area contributed by atoms with Crippen molar-refractivity contribution in [2.24, 2.45) is 0 Å². The number of nitrogen functional groups attached to an aromatic ring is 1. The maximum absolute atomic E-state index is 5.82. The summed E-state index contributed by atoms with van der Waals surface area (Å²) >= 11 is 5.82. The summed E-state index contributed by atoms with van der Waals surface area (Å²) < 4.78 is 5.24. The molecule has 64 valence electrons. The van der Waals surface area contributed by atoms with Gasteiger partial charge in [-0.1, -0.05) is 24.3 Å². The quantitative estimate of drug-likeness (QED) is 0.577. The van der Waals surface area contributed by atoms with Gasteiger partial charge in [0, 0.05) is 11.8 Å². The first-order valence-corrected chi connectivity index (χ1v) is 3.90. The lowest BCUT2D eigenvalue weighted by Gasteiger charge is -2.05. The first kappa shape index (κ1) is 8.94. The summed E-state index contributed by atoms with van der Waals surface area (Å²) in [5, 5.41) is 0.561. The van der Waals surface area contributed by atoms with Crippen molar-refractivity contribution in [1.82, 2.24) is 0 Å². The number of rotatable bonds is 3. The van der Waals surface area contributed by atoms with E-state index >= 15 is 0 Å². The van der Waals surface area contributed by atoms with Gasteiger partial charge in [-0.15, -0.1) is 0 Å². The summed E-state index contributed by atoms with van der Waals surface area (Å²) in [7, 11) is 0. The van der Waals surface area contributed by atoms with E-state index in [4.69, 9.17) is 22.1 Å². The number of benzene rings is 1. The Labute approximate surface area is 76.6 Å². The van der Waals surface area contributed by atoms with Gasteiger partial charge in [0.2, 0.25) is 0 Å². The van der Waals surface area contributed by atoms with Gasteiger partial charge in [-0.05, 0) is 12.1 Å². The number of hydrogen-bond donors (Lipinski definition) is 1. The lowest BCUT2D eigenvalue weighted by molar-refractivity contribution is 0.363. The number of nitrogens with two attached hydrogens (primary N) is 1. The van der Waals surface area contributed by atoms with Crippen molar-refractivity contribution >= 4 is 17.3 Å². The van der Waals surface area contributed by atoms with Crippen LogP contribution in [0.25, 0.3) is 0 Å². The molecule has 0 fully saturated rings. The fraction of sp³-hybridized carbons (Fsp3) is 0.111. The molecule has 0 saturated heterocycles. The zero-order chi connectivity index (χ0) is 8.97. The Morgan fingerprint density at radius 3 is 3.00 bits per heavy atom. The van der Waals surface area contributed by atoms with E-state index in [1.807, 2.05) is 0 Å². The fourth-order valence-electron chi connectivity index (χ4n) is 0.779. The molecule has 1 aromatic carbocycles. The molecule has 0 spiro atoms. The highest BCUT2D eigenvalue weighted by Gasteiger charge is 1.99. The van der Waals surface area contributed by atoms with Gasteiger partial charge < -0.3 is 10.5 Å². The van der Waals surface area contributed by atoms with E-state index in [0.717, 1.165) is 0 Å². The van der Waals surface area contributed by atoms with Crippen LogP contribution in [0.5, 0.6) is 5.75 Å². The van der Waals surface area contributed by atoms with Crippen LogP contribution in [0.4, 0.5) is 5.69 Å². The van der Waals surface area contributed by atoms with Crippen LogP contribution in [0.15, 0.2) is 30.9 Å². The maximum Gasteiger partial charge on any atom is 0.140 e. The van der Waals surface area contributed by atoms with Crippen molar-refractivity contribution in [3.63, 3.8) is 0 Å². The lowest BCUT2D eigenvalue weighted by Crippen LogP contribution is -1.94. The Bertz CT molecular complexity index is 286. The minimum absolute atomic E-state index is 0.434. The lowest BCUT2D eigenvalue weighted by atomic mass is 10.3. The number of ether oxygens (including phenoxy) is 1. The Hall–Kier alpha value is -1.15. The van der Waals surface area contributed by atoms with E-state index in [1.54, 1.807) is 24.3 Å². The molecule has 0 unspecified atom stereocenters. The van der Waals surface area contributed by atoms with Crippen LogP contribution in [0, 0.1) is 0 Å². The van der Waals surface area contributed by atoms with E-state index in [1.165, 1.54) is 0 Å². The smallest absolute Gasteiger partial charge is 0.140 e. The first-order valence-electron chi connectivity index (χ1n) is 3.52. The number of hydrogen-bond acceptors (Lipinski definition) is 2. The third-order valence-electron chi connectivity index (χ3n) is 1.31. The Morgan fingerprint density at radius 2 is 2.33 bits per heavy atom. The molecule has 0 aromatic heterocycles. The molecule has 0 aliphatic rings. The molecule has 1 aromatic rings. The maximum atomic E-state index is 5.82. The third kappa shape index (κ3) is 2.17. The second-order valence-corrected chi connectivity index (χ2v) is 2.70. The van der Waals surface area contributed by atoms with E-state index in [2.05, 4.69) is 6.58 Å². The summed E-state index contributed by atoms with van der Waals surface area (Å²) in [5.41, 5.74) is 6.17. The number of halogens is 1. The third-order valence-corrected chi connectivity index (χ3v) is 1.62. The van der Waals surface area contributed by atoms with E-state index in [9.17, 15) is 0 Å². The fourth-order valence-corrected chi connectivity index (χ4v) is 0.951. The van der Waals surface area contributed by atoms with Crippen LogP contribution < -0.4 is 10.5 Å². The Balaban J connectivity index is 2.82. The van der Waals surface area contributed by atoms with Crippen molar-refractivity contribution in [2.75, 3.05) is 12.3 Å². The molecule has 1 rings (SSSR count). The summed E-state index contributed by atoms with van der Waals surface area (Å²) in [4.78, 5) is 0. The molecular formula is C9H10ClNO. The molecule has 3 heteroatoms. The van der Waals surface area contributed by atoms with Crippen molar-refractivity contribution in [1.29, 1.82) is 0 Å². The normalized spacial score (nSPS) is 9.42. The van der Waals surface area contributed by atoms with Gasteiger partial charge in [0.15, 0.2) is 0 Å². The second kappa shape index (κ2) is 4.02. The second-order valence-electron chi connectivity index (χ2n) is 2.29. The standard InChI is InChI=1S/C9H10ClNO/c1-2-5-12-9-6-7(11)3-4-8(9)10/h2-4,6H,1,5,11H2. The molecule has 0 atom stereocenters. The van der Waals surface area contributed by atoms with Gasteiger partial charge in [-0.25, -0.2) is 0 Å². The topological polar surface area (TPSA) is 35.2 Å². The van der Waals surface area contributed by atoms with Crippen LogP contribution in [0.3, 0.4) is 0 Å². The molecule has 0 saturated carbocycles. The molecule has 2 nitrogen and oxygen atoms in total. The number of anilines is 1. The summed E-state index contributed by atoms with van der Waals surface area (Å²) in [6, 6.07) is 5.12. The summed E-state index contributed by atoms with van der Waals surface area (Å²) in [6.45, 7) is 3.96. The van der Waals surface area contributed by atoms with Crippen LogP contribution in [-0.2, 0) is 0 Å². The highest BCUT2D eigenvalue weighted by atomic mass is 35.5.